The van der Waals surface area contributed by atoms with Gasteiger partial charge in [-0.2, -0.15) is 0 Å². The fraction of sp³-hybridized carbons (Fsp3) is 0.667. The Morgan fingerprint density at radius 2 is 1.76 bits per heavy atom. The van der Waals surface area contributed by atoms with Crippen molar-refractivity contribution in [2.45, 2.75) is 71.1 Å². The molecule has 1 saturated heterocycles. The summed E-state index contributed by atoms with van der Waals surface area (Å²) in [6, 6.07) is 0.608. The van der Waals surface area contributed by atoms with Crippen molar-refractivity contribution < 1.29 is 9.47 Å². The van der Waals surface area contributed by atoms with Gasteiger partial charge in [-0.15, -0.1) is 0 Å². The molecule has 3 aliphatic rings. The van der Waals surface area contributed by atoms with Gasteiger partial charge < -0.3 is 14.8 Å². The number of ether oxygens (including phenoxy) is 2. The second-order valence-corrected chi connectivity index (χ2v) is 6.98. The van der Waals surface area contributed by atoms with Crippen LogP contribution in [0.5, 0.6) is 11.5 Å². The summed E-state index contributed by atoms with van der Waals surface area (Å²) in [7, 11) is 0. The highest BCUT2D eigenvalue weighted by atomic mass is 16.5. The molecule has 114 valence electrons. The van der Waals surface area contributed by atoms with Gasteiger partial charge >= 0.3 is 0 Å². The van der Waals surface area contributed by atoms with Gasteiger partial charge in [0.2, 0.25) is 0 Å². The molecular weight excluding hydrogens is 262 g/mol. The molecule has 1 aromatic carbocycles. The lowest BCUT2D eigenvalue weighted by atomic mass is 9.90. The van der Waals surface area contributed by atoms with Crippen LogP contribution in [0.2, 0.25) is 0 Å². The summed E-state index contributed by atoms with van der Waals surface area (Å²) in [6.07, 6.45) is 6.32. The Labute approximate surface area is 127 Å². The van der Waals surface area contributed by atoms with Crippen LogP contribution in [0.4, 0.5) is 0 Å². The summed E-state index contributed by atoms with van der Waals surface area (Å²) in [6.45, 7) is 7.71. The van der Waals surface area contributed by atoms with E-state index >= 15 is 0 Å². The minimum absolute atomic E-state index is 0.300. The summed E-state index contributed by atoms with van der Waals surface area (Å²) in [5, 5.41) is 3.63. The zero-order chi connectivity index (χ0) is 14.6. The van der Waals surface area contributed by atoms with E-state index < -0.39 is 0 Å². The third-order valence-electron chi connectivity index (χ3n) is 5.21. The molecule has 3 atom stereocenters. The number of benzene rings is 1. The van der Waals surface area contributed by atoms with Gasteiger partial charge in [-0.25, -0.2) is 0 Å². The molecule has 0 saturated carbocycles. The van der Waals surface area contributed by atoms with Gasteiger partial charge in [-0.05, 0) is 52.1 Å². The molecular formula is C18H25NO2. The topological polar surface area (TPSA) is 30.5 Å². The zero-order valence-electron chi connectivity index (χ0n) is 13.3. The van der Waals surface area contributed by atoms with Crippen LogP contribution in [0.15, 0.2) is 0 Å². The van der Waals surface area contributed by atoms with Gasteiger partial charge in [0.05, 0.1) is 0 Å². The predicted octanol–water partition coefficient (Wildman–Crippen LogP) is 2.94. The Kier molecular flexibility index (Phi) is 3.14. The quantitative estimate of drug-likeness (QED) is 0.907. The maximum atomic E-state index is 6.21. The second kappa shape index (κ2) is 4.91. The van der Waals surface area contributed by atoms with E-state index in [1.54, 1.807) is 0 Å². The fourth-order valence-electron chi connectivity index (χ4n) is 4.21. The lowest BCUT2D eigenvalue weighted by Gasteiger charge is -2.18. The lowest BCUT2D eigenvalue weighted by Crippen LogP contribution is -2.24. The first-order valence-electron chi connectivity index (χ1n) is 8.37. The van der Waals surface area contributed by atoms with Crippen LogP contribution >= 0.6 is 0 Å². The van der Waals surface area contributed by atoms with Gasteiger partial charge in [-0.1, -0.05) is 0 Å². The van der Waals surface area contributed by atoms with Crippen molar-refractivity contribution in [3.8, 4) is 11.5 Å². The van der Waals surface area contributed by atoms with Crippen molar-refractivity contribution in [2.75, 3.05) is 6.54 Å². The molecule has 0 aromatic heterocycles. The molecule has 1 fully saturated rings. The van der Waals surface area contributed by atoms with E-state index in [1.165, 1.54) is 40.8 Å². The first kappa shape index (κ1) is 13.4. The van der Waals surface area contributed by atoms with E-state index in [2.05, 4.69) is 26.1 Å². The lowest BCUT2D eigenvalue weighted by molar-refractivity contribution is 0.251. The molecule has 3 nitrogen and oxygen atoms in total. The van der Waals surface area contributed by atoms with E-state index in [-0.39, 0.29) is 0 Å². The average Bonchev–Trinajstić information content (AvgIpc) is 3.13. The molecule has 3 aliphatic heterocycles. The number of hydrogen-bond donors (Lipinski definition) is 1. The molecule has 3 heteroatoms. The predicted molar refractivity (Wildman–Crippen MR) is 83.5 cm³/mol. The third kappa shape index (κ3) is 2.13. The van der Waals surface area contributed by atoms with Crippen molar-refractivity contribution in [3.63, 3.8) is 0 Å². The van der Waals surface area contributed by atoms with Crippen LogP contribution < -0.4 is 14.8 Å². The normalized spacial score (nSPS) is 30.0. The Morgan fingerprint density at radius 3 is 2.48 bits per heavy atom. The largest absolute Gasteiger partial charge is 0.490 e. The molecule has 21 heavy (non-hydrogen) atoms. The maximum Gasteiger partial charge on any atom is 0.127 e. The number of rotatable bonds is 2. The summed E-state index contributed by atoms with van der Waals surface area (Å²) in [5.74, 6) is 2.34. The van der Waals surface area contributed by atoms with Gasteiger partial charge in [0.15, 0.2) is 0 Å². The second-order valence-electron chi connectivity index (χ2n) is 6.98. The maximum absolute atomic E-state index is 6.21. The Hall–Kier alpha value is -1.22. The number of nitrogens with one attached hydrogen (secondary N) is 1. The standard InChI is InChI=1S/C18H25NO2/c1-10-7-14-12(3)17-15(8-11(2)20-17)16(18(14)21-10)9-13-5-4-6-19-13/h10-11,13,19H,4-9H2,1-3H3. The van der Waals surface area contributed by atoms with Crippen molar-refractivity contribution >= 4 is 0 Å². The molecule has 4 rings (SSSR count). The highest BCUT2D eigenvalue weighted by molar-refractivity contribution is 5.62. The summed E-state index contributed by atoms with van der Waals surface area (Å²) < 4.78 is 12.3. The first-order valence-corrected chi connectivity index (χ1v) is 8.37. The van der Waals surface area contributed by atoms with E-state index in [1.807, 2.05) is 0 Å². The summed E-state index contributed by atoms with van der Waals surface area (Å²) in [5.41, 5.74) is 5.56. The van der Waals surface area contributed by atoms with Gasteiger partial charge in [0.1, 0.15) is 23.7 Å². The molecule has 0 amide bonds. The van der Waals surface area contributed by atoms with Crippen molar-refractivity contribution in [1.82, 2.24) is 5.32 Å². The van der Waals surface area contributed by atoms with Crippen LogP contribution in [0, 0.1) is 6.92 Å². The first-order chi connectivity index (χ1) is 10.1. The summed E-state index contributed by atoms with van der Waals surface area (Å²) >= 11 is 0. The van der Waals surface area contributed by atoms with Crippen LogP contribution in [-0.4, -0.2) is 24.8 Å². The van der Waals surface area contributed by atoms with Crippen LogP contribution in [0.1, 0.15) is 48.9 Å². The molecule has 1 aromatic rings. The van der Waals surface area contributed by atoms with E-state index in [4.69, 9.17) is 9.47 Å². The highest BCUT2D eigenvalue weighted by Crippen LogP contribution is 2.47. The molecule has 0 spiro atoms. The summed E-state index contributed by atoms with van der Waals surface area (Å²) in [4.78, 5) is 0. The molecule has 3 unspecified atom stereocenters. The van der Waals surface area contributed by atoms with E-state index in [9.17, 15) is 0 Å². The van der Waals surface area contributed by atoms with Crippen molar-refractivity contribution in [3.05, 3.63) is 22.3 Å². The number of fused-ring (bicyclic) bond motifs is 2. The Bertz CT molecular complexity index is 536. The fourth-order valence-corrected chi connectivity index (χ4v) is 4.21. The van der Waals surface area contributed by atoms with Gasteiger partial charge in [-0.3, -0.25) is 0 Å². The van der Waals surface area contributed by atoms with Crippen LogP contribution in [-0.2, 0) is 19.3 Å². The van der Waals surface area contributed by atoms with Gasteiger partial charge in [0.25, 0.3) is 0 Å². The van der Waals surface area contributed by atoms with Gasteiger partial charge in [0, 0.05) is 35.6 Å². The zero-order valence-corrected chi connectivity index (χ0v) is 13.3. The molecule has 3 heterocycles. The van der Waals surface area contributed by atoms with E-state index in [0.29, 0.717) is 18.2 Å². The van der Waals surface area contributed by atoms with Crippen molar-refractivity contribution in [1.29, 1.82) is 0 Å². The molecule has 0 bridgehead atoms. The minimum Gasteiger partial charge on any atom is -0.490 e. The average molecular weight is 287 g/mol. The van der Waals surface area contributed by atoms with Crippen LogP contribution in [0.25, 0.3) is 0 Å². The Balaban J connectivity index is 1.80. The number of hydrogen-bond acceptors (Lipinski definition) is 3. The van der Waals surface area contributed by atoms with Crippen LogP contribution in [0.3, 0.4) is 0 Å². The SMILES string of the molecule is Cc1c2c(c(CC3CCCN3)c3c1OC(C)C3)OC(C)C2. The molecule has 0 radical (unpaired) electrons. The third-order valence-corrected chi connectivity index (χ3v) is 5.21. The Morgan fingerprint density at radius 1 is 1.05 bits per heavy atom. The monoisotopic (exact) mass is 287 g/mol. The smallest absolute Gasteiger partial charge is 0.127 e. The van der Waals surface area contributed by atoms with E-state index in [0.717, 1.165) is 31.6 Å². The minimum atomic E-state index is 0.300. The highest BCUT2D eigenvalue weighted by Gasteiger charge is 2.35. The molecule has 1 N–H and O–H groups in total. The van der Waals surface area contributed by atoms with Crippen molar-refractivity contribution in [2.24, 2.45) is 0 Å². The molecule has 0 aliphatic carbocycles.